The van der Waals surface area contributed by atoms with Gasteiger partial charge in [-0.25, -0.2) is 0 Å². The molecule has 0 spiro atoms. The first kappa shape index (κ1) is 10.5. The lowest BCUT2D eigenvalue weighted by Gasteiger charge is -2.08. The molecule has 3 heteroatoms. The zero-order chi connectivity index (χ0) is 9.68. The molecule has 72 valence electrons. The van der Waals surface area contributed by atoms with E-state index < -0.39 is 0 Å². The van der Waals surface area contributed by atoms with Crippen molar-refractivity contribution in [2.75, 3.05) is 20.3 Å². The van der Waals surface area contributed by atoms with Gasteiger partial charge in [0.25, 0.3) is 0 Å². The van der Waals surface area contributed by atoms with Gasteiger partial charge in [0, 0.05) is 12.4 Å². The summed E-state index contributed by atoms with van der Waals surface area (Å²) in [6, 6.07) is 6.12. The van der Waals surface area contributed by atoms with E-state index in [1.54, 1.807) is 7.11 Å². The van der Waals surface area contributed by atoms with E-state index in [1.165, 1.54) is 5.56 Å². The van der Waals surface area contributed by atoms with Gasteiger partial charge in [0.15, 0.2) is 0 Å². The molecule has 1 atom stereocenters. The summed E-state index contributed by atoms with van der Waals surface area (Å²) in [7, 11) is 4.32. The summed E-state index contributed by atoms with van der Waals surface area (Å²) < 4.78 is 10.4. The Morgan fingerprint density at radius 2 is 2.08 bits per heavy atom. The first-order valence-electron chi connectivity index (χ1n) is 4.22. The average molecular weight is 198 g/mol. The van der Waals surface area contributed by atoms with E-state index in [-0.39, 0.29) is 0 Å². The highest BCUT2D eigenvalue weighted by Gasteiger charge is 1.98. The third-order valence-electron chi connectivity index (χ3n) is 1.71. The number of benzene rings is 1. The Morgan fingerprint density at radius 3 is 2.77 bits per heavy atom. The van der Waals surface area contributed by atoms with Crippen LogP contribution in [-0.2, 0) is 4.74 Å². The van der Waals surface area contributed by atoms with Crippen molar-refractivity contribution >= 4 is 14.5 Å². The van der Waals surface area contributed by atoms with Crippen LogP contribution >= 0.6 is 9.24 Å². The SMILES string of the molecule is COCCOc1cc(C)ccc1P. The molecule has 2 nitrogen and oxygen atoms in total. The number of ether oxygens (including phenoxy) is 2. The molecule has 0 radical (unpaired) electrons. The molecule has 0 amide bonds. The number of hydrogen-bond acceptors (Lipinski definition) is 2. The van der Waals surface area contributed by atoms with Crippen molar-refractivity contribution in [2.45, 2.75) is 6.92 Å². The molecule has 0 saturated carbocycles. The van der Waals surface area contributed by atoms with Gasteiger partial charge in [0.1, 0.15) is 12.4 Å². The molecular formula is C10H15O2P. The van der Waals surface area contributed by atoms with Crippen LogP contribution in [0.25, 0.3) is 0 Å². The summed E-state index contributed by atoms with van der Waals surface area (Å²) >= 11 is 0. The Balaban J connectivity index is 2.59. The van der Waals surface area contributed by atoms with Crippen LogP contribution in [0.4, 0.5) is 0 Å². The molecular weight excluding hydrogens is 183 g/mol. The summed E-state index contributed by atoms with van der Waals surface area (Å²) in [5.74, 6) is 0.919. The molecule has 0 aliphatic carbocycles. The van der Waals surface area contributed by atoms with Crippen LogP contribution in [0.1, 0.15) is 5.56 Å². The van der Waals surface area contributed by atoms with Gasteiger partial charge in [-0.05, 0) is 18.6 Å². The molecule has 0 saturated heterocycles. The van der Waals surface area contributed by atoms with Gasteiger partial charge in [-0.3, -0.25) is 0 Å². The third-order valence-corrected chi connectivity index (χ3v) is 2.19. The quantitative estimate of drug-likeness (QED) is 0.539. The van der Waals surface area contributed by atoms with Crippen LogP contribution in [0.3, 0.4) is 0 Å². The largest absolute Gasteiger partial charge is 0.491 e. The molecule has 0 bridgehead atoms. The molecule has 0 aliphatic heterocycles. The molecule has 13 heavy (non-hydrogen) atoms. The molecule has 1 unspecified atom stereocenters. The molecule has 0 aromatic heterocycles. The highest BCUT2D eigenvalue weighted by Crippen LogP contribution is 2.12. The van der Waals surface area contributed by atoms with E-state index >= 15 is 0 Å². The summed E-state index contributed by atoms with van der Waals surface area (Å²) in [6.07, 6.45) is 0. The fourth-order valence-electron chi connectivity index (χ4n) is 1.00. The van der Waals surface area contributed by atoms with E-state index in [0.29, 0.717) is 13.2 Å². The number of methoxy groups -OCH3 is 1. The topological polar surface area (TPSA) is 18.5 Å². The molecule has 1 rings (SSSR count). The fourth-order valence-corrected chi connectivity index (χ4v) is 1.26. The lowest BCUT2D eigenvalue weighted by atomic mass is 10.2. The molecule has 0 N–H and O–H groups in total. The van der Waals surface area contributed by atoms with Gasteiger partial charge < -0.3 is 9.47 Å². The van der Waals surface area contributed by atoms with E-state index in [2.05, 4.69) is 15.3 Å². The van der Waals surface area contributed by atoms with E-state index in [0.717, 1.165) is 11.1 Å². The Hall–Kier alpha value is -0.590. The predicted molar refractivity (Wildman–Crippen MR) is 57.9 cm³/mol. The van der Waals surface area contributed by atoms with Crippen LogP contribution < -0.4 is 10.0 Å². The normalized spacial score (nSPS) is 10.1. The van der Waals surface area contributed by atoms with Gasteiger partial charge >= 0.3 is 0 Å². The lowest BCUT2D eigenvalue weighted by Crippen LogP contribution is -2.08. The number of hydrogen-bond donors (Lipinski definition) is 0. The first-order chi connectivity index (χ1) is 6.24. The maximum absolute atomic E-state index is 5.51. The van der Waals surface area contributed by atoms with Crippen molar-refractivity contribution in [1.82, 2.24) is 0 Å². The summed E-state index contributed by atoms with van der Waals surface area (Å²) in [5, 5.41) is 1.08. The molecule has 1 aromatic carbocycles. The van der Waals surface area contributed by atoms with Crippen molar-refractivity contribution in [3.8, 4) is 5.75 Å². The second kappa shape index (κ2) is 5.21. The van der Waals surface area contributed by atoms with Crippen LogP contribution in [-0.4, -0.2) is 20.3 Å². The fraction of sp³-hybridized carbons (Fsp3) is 0.400. The van der Waals surface area contributed by atoms with Crippen molar-refractivity contribution in [3.63, 3.8) is 0 Å². The zero-order valence-corrected chi connectivity index (χ0v) is 9.19. The maximum atomic E-state index is 5.51. The van der Waals surface area contributed by atoms with Crippen molar-refractivity contribution in [1.29, 1.82) is 0 Å². The van der Waals surface area contributed by atoms with Gasteiger partial charge in [0.05, 0.1) is 6.61 Å². The van der Waals surface area contributed by atoms with Gasteiger partial charge in [-0.2, -0.15) is 0 Å². The number of aryl methyl sites for hydroxylation is 1. The minimum Gasteiger partial charge on any atom is -0.491 e. The number of rotatable bonds is 4. The van der Waals surface area contributed by atoms with Gasteiger partial charge in [-0.1, -0.05) is 12.1 Å². The van der Waals surface area contributed by atoms with Crippen LogP contribution in [0.2, 0.25) is 0 Å². The molecule has 0 fully saturated rings. The minimum absolute atomic E-state index is 0.599. The van der Waals surface area contributed by atoms with E-state index in [9.17, 15) is 0 Å². The molecule has 1 aromatic rings. The van der Waals surface area contributed by atoms with Crippen molar-refractivity contribution in [2.24, 2.45) is 0 Å². The second-order valence-corrected chi connectivity index (χ2v) is 3.50. The maximum Gasteiger partial charge on any atom is 0.126 e. The van der Waals surface area contributed by atoms with Crippen LogP contribution in [0.5, 0.6) is 5.75 Å². The van der Waals surface area contributed by atoms with Crippen LogP contribution in [0, 0.1) is 6.92 Å². The monoisotopic (exact) mass is 198 g/mol. The smallest absolute Gasteiger partial charge is 0.126 e. The molecule has 0 heterocycles. The van der Waals surface area contributed by atoms with Gasteiger partial charge in [0.2, 0.25) is 0 Å². The first-order valence-corrected chi connectivity index (χ1v) is 4.79. The Bertz CT molecular complexity index is 274. The van der Waals surface area contributed by atoms with Crippen molar-refractivity contribution in [3.05, 3.63) is 23.8 Å². The van der Waals surface area contributed by atoms with Crippen LogP contribution in [0.15, 0.2) is 18.2 Å². The van der Waals surface area contributed by atoms with Crippen molar-refractivity contribution < 1.29 is 9.47 Å². The Kier molecular flexibility index (Phi) is 4.20. The zero-order valence-electron chi connectivity index (χ0n) is 8.04. The highest BCUT2D eigenvalue weighted by atomic mass is 31.0. The summed E-state index contributed by atoms with van der Waals surface area (Å²) in [5.41, 5.74) is 1.21. The highest BCUT2D eigenvalue weighted by molar-refractivity contribution is 7.27. The van der Waals surface area contributed by atoms with E-state index in [1.807, 2.05) is 19.1 Å². The predicted octanol–water partition coefficient (Wildman–Crippen LogP) is 1.52. The summed E-state index contributed by atoms with van der Waals surface area (Å²) in [4.78, 5) is 0. The average Bonchev–Trinajstić information content (AvgIpc) is 2.11. The third kappa shape index (κ3) is 3.33. The van der Waals surface area contributed by atoms with E-state index in [4.69, 9.17) is 9.47 Å². The lowest BCUT2D eigenvalue weighted by molar-refractivity contribution is 0.147. The Morgan fingerprint density at radius 1 is 1.31 bits per heavy atom. The minimum atomic E-state index is 0.599. The standard InChI is InChI=1S/C10H15O2P/c1-8-3-4-10(13)9(7-8)12-6-5-11-2/h3-4,7H,5-6,13H2,1-2H3. The van der Waals surface area contributed by atoms with Gasteiger partial charge in [-0.15, -0.1) is 9.24 Å². The molecule has 0 aliphatic rings. The Labute approximate surface area is 81.4 Å². The summed E-state index contributed by atoms with van der Waals surface area (Å²) in [6.45, 7) is 3.27. The second-order valence-electron chi connectivity index (χ2n) is 2.88.